The first-order valence-electron chi connectivity index (χ1n) is 7.05. The van der Waals surface area contributed by atoms with Crippen LogP contribution in [0.4, 0.5) is 8.78 Å². The molecular weight excluding hydrogens is 248 g/mol. The van der Waals surface area contributed by atoms with Crippen molar-refractivity contribution in [2.24, 2.45) is 5.92 Å². The third-order valence-corrected chi connectivity index (χ3v) is 3.61. The zero-order chi connectivity index (χ0) is 13.5. The molecule has 1 aliphatic carbocycles. The van der Waals surface area contributed by atoms with Gasteiger partial charge in [0.25, 0.3) is 0 Å². The van der Waals surface area contributed by atoms with Gasteiger partial charge in [-0.15, -0.1) is 0 Å². The number of nitrogens with one attached hydrogen (secondary N) is 1. The van der Waals surface area contributed by atoms with Crippen molar-refractivity contribution in [3.8, 4) is 5.75 Å². The van der Waals surface area contributed by atoms with E-state index in [-0.39, 0.29) is 5.75 Å². The van der Waals surface area contributed by atoms with Crippen molar-refractivity contribution in [2.75, 3.05) is 19.7 Å². The molecule has 2 rings (SSSR count). The first-order chi connectivity index (χ1) is 9.27. The molecule has 0 saturated heterocycles. The minimum absolute atomic E-state index is 0.0144. The van der Waals surface area contributed by atoms with Crippen LogP contribution in [0.5, 0.6) is 5.75 Å². The van der Waals surface area contributed by atoms with Gasteiger partial charge in [0.2, 0.25) is 5.82 Å². The van der Waals surface area contributed by atoms with Crippen LogP contribution >= 0.6 is 0 Å². The fraction of sp³-hybridized carbons (Fsp3) is 0.600. The second-order valence-corrected chi connectivity index (χ2v) is 5.11. The minimum Gasteiger partial charge on any atom is -0.489 e. The topological polar surface area (TPSA) is 21.3 Å². The summed E-state index contributed by atoms with van der Waals surface area (Å²) in [6.07, 6.45) is 6.62. The molecule has 0 heterocycles. The molecule has 0 atom stereocenters. The molecular formula is C15H21F2NO. The summed E-state index contributed by atoms with van der Waals surface area (Å²) in [4.78, 5) is 0. The molecule has 0 amide bonds. The molecule has 1 fully saturated rings. The van der Waals surface area contributed by atoms with Gasteiger partial charge in [-0.2, -0.15) is 4.39 Å². The van der Waals surface area contributed by atoms with Crippen molar-refractivity contribution in [2.45, 2.75) is 32.1 Å². The van der Waals surface area contributed by atoms with E-state index in [9.17, 15) is 8.78 Å². The fourth-order valence-corrected chi connectivity index (χ4v) is 2.53. The maximum absolute atomic E-state index is 13.3. The van der Waals surface area contributed by atoms with E-state index < -0.39 is 11.6 Å². The molecule has 1 N–H and O–H groups in total. The van der Waals surface area contributed by atoms with Gasteiger partial charge >= 0.3 is 0 Å². The largest absolute Gasteiger partial charge is 0.489 e. The van der Waals surface area contributed by atoms with Crippen LogP contribution in [0.25, 0.3) is 0 Å². The first kappa shape index (κ1) is 14.3. The molecule has 0 aromatic heterocycles. The zero-order valence-corrected chi connectivity index (χ0v) is 11.1. The second kappa shape index (κ2) is 7.43. The van der Waals surface area contributed by atoms with Crippen molar-refractivity contribution in [3.63, 3.8) is 0 Å². The van der Waals surface area contributed by atoms with Crippen LogP contribution in [0.15, 0.2) is 18.2 Å². The molecule has 0 unspecified atom stereocenters. The van der Waals surface area contributed by atoms with Crippen molar-refractivity contribution in [1.82, 2.24) is 5.32 Å². The highest BCUT2D eigenvalue weighted by molar-refractivity contribution is 5.24. The zero-order valence-electron chi connectivity index (χ0n) is 11.1. The minimum atomic E-state index is -0.908. The Bertz CT molecular complexity index is 392. The van der Waals surface area contributed by atoms with Gasteiger partial charge in [0.05, 0.1) is 0 Å². The Morgan fingerprint density at radius 1 is 1.16 bits per heavy atom. The number of halogens is 2. The first-order valence-corrected chi connectivity index (χ1v) is 7.05. The Morgan fingerprint density at radius 2 is 1.95 bits per heavy atom. The highest BCUT2D eigenvalue weighted by Crippen LogP contribution is 2.22. The lowest BCUT2D eigenvalue weighted by molar-refractivity contribution is 0.280. The van der Waals surface area contributed by atoms with E-state index in [0.717, 1.165) is 18.5 Å². The summed E-state index contributed by atoms with van der Waals surface area (Å²) < 4.78 is 31.4. The molecule has 1 saturated carbocycles. The number of benzene rings is 1. The quantitative estimate of drug-likeness (QED) is 0.798. The lowest BCUT2D eigenvalue weighted by Crippen LogP contribution is -2.28. The maximum atomic E-state index is 13.3. The summed E-state index contributed by atoms with van der Waals surface area (Å²) in [5.41, 5.74) is 0. The van der Waals surface area contributed by atoms with E-state index in [2.05, 4.69) is 5.32 Å². The molecule has 0 bridgehead atoms. The molecule has 0 spiro atoms. The summed E-state index contributed by atoms with van der Waals surface area (Å²) in [6.45, 7) is 2.01. The second-order valence-electron chi connectivity index (χ2n) is 5.11. The molecule has 0 aliphatic heterocycles. The summed E-state index contributed by atoms with van der Waals surface area (Å²) >= 11 is 0. The van der Waals surface area contributed by atoms with Gasteiger partial charge < -0.3 is 10.1 Å². The molecule has 1 aromatic rings. The number of rotatable bonds is 6. The van der Waals surface area contributed by atoms with Gasteiger partial charge in [-0.05, 0) is 37.4 Å². The smallest absolute Gasteiger partial charge is 0.200 e. The van der Waals surface area contributed by atoms with Gasteiger partial charge in [0, 0.05) is 6.54 Å². The lowest BCUT2D eigenvalue weighted by atomic mass is 9.89. The van der Waals surface area contributed by atoms with Gasteiger partial charge in [-0.3, -0.25) is 0 Å². The number of ether oxygens (including phenoxy) is 1. The third-order valence-electron chi connectivity index (χ3n) is 3.61. The van der Waals surface area contributed by atoms with E-state index >= 15 is 0 Å². The third kappa shape index (κ3) is 4.46. The summed E-state index contributed by atoms with van der Waals surface area (Å²) in [5, 5.41) is 3.32. The van der Waals surface area contributed by atoms with Crippen LogP contribution in [0, 0.1) is 17.6 Å². The van der Waals surface area contributed by atoms with Gasteiger partial charge in [0.15, 0.2) is 11.6 Å². The molecule has 4 heteroatoms. The predicted molar refractivity (Wildman–Crippen MR) is 71.3 cm³/mol. The molecule has 19 heavy (non-hydrogen) atoms. The van der Waals surface area contributed by atoms with Crippen LogP contribution in [-0.4, -0.2) is 19.7 Å². The predicted octanol–water partition coefficient (Wildman–Crippen LogP) is 3.51. The Balaban J connectivity index is 1.62. The molecule has 1 aliphatic rings. The summed E-state index contributed by atoms with van der Waals surface area (Å²) in [7, 11) is 0. The van der Waals surface area contributed by atoms with Gasteiger partial charge in [0.1, 0.15) is 6.61 Å². The summed E-state index contributed by atoms with van der Waals surface area (Å²) in [6, 6.07) is 3.98. The molecule has 1 aromatic carbocycles. The Kier molecular flexibility index (Phi) is 5.58. The standard InChI is InChI=1S/C15H21F2NO/c16-13-7-4-8-14(15(13)17)19-10-9-18-11-12-5-2-1-3-6-12/h4,7-8,12,18H,1-3,5-6,9-11H2. The van der Waals surface area contributed by atoms with E-state index in [1.165, 1.54) is 44.2 Å². The summed E-state index contributed by atoms with van der Waals surface area (Å²) in [5.74, 6) is -1.03. The Hall–Kier alpha value is -1.16. The fourth-order valence-electron chi connectivity index (χ4n) is 2.53. The SMILES string of the molecule is Fc1cccc(OCCNCC2CCCCC2)c1F. The molecule has 0 radical (unpaired) electrons. The normalized spacial score (nSPS) is 16.5. The lowest BCUT2D eigenvalue weighted by Gasteiger charge is -2.21. The average molecular weight is 269 g/mol. The van der Waals surface area contributed by atoms with Crippen molar-refractivity contribution in [1.29, 1.82) is 0 Å². The van der Waals surface area contributed by atoms with Crippen LogP contribution in [0.1, 0.15) is 32.1 Å². The van der Waals surface area contributed by atoms with E-state index in [1.54, 1.807) is 0 Å². The van der Waals surface area contributed by atoms with Gasteiger partial charge in [-0.1, -0.05) is 25.3 Å². The highest BCUT2D eigenvalue weighted by Gasteiger charge is 2.12. The number of hydrogen-bond donors (Lipinski definition) is 1. The Labute approximate surface area is 113 Å². The highest BCUT2D eigenvalue weighted by atomic mass is 19.2. The van der Waals surface area contributed by atoms with Crippen molar-refractivity contribution >= 4 is 0 Å². The Morgan fingerprint density at radius 3 is 2.74 bits per heavy atom. The van der Waals surface area contributed by atoms with Gasteiger partial charge in [-0.25, -0.2) is 4.39 Å². The maximum Gasteiger partial charge on any atom is 0.200 e. The monoisotopic (exact) mass is 269 g/mol. The van der Waals surface area contributed by atoms with Crippen molar-refractivity contribution < 1.29 is 13.5 Å². The van der Waals surface area contributed by atoms with E-state index in [0.29, 0.717) is 13.2 Å². The number of hydrogen-bond acceptors (Lipinski definition) is 2. The van der Waals surface area contributed by atoms with Crippen LogP contribution < -0.4 is 10.1 Å². The van der Waals surface area contributed by atoms with Crippen molar-refractivity contribution in [3.05, 3.63) is 29.8 Å². The molecule has 2 nitrogen and oxygen atoms in total. The van der Waals surface area contributed by atoms with E-state index in [1.807, 2.05) is 0 Å². The average Bonchev–Trinajstić information content (AvgIpc) is 2.44. The van der Waals surface area contributed by atoms with E-state index in [4.69, 9.17) is 4.74 Å². The molecule has 106 valence electrons. The van der Waals surface area contributed by atoms with Crippen LogP contribution in [0.2, 0.25) is 0 Å². The van der Waals surface area contributed by atoms with Crippen LogP contribution in [-0.2, 0) is 0 Å². The van der Waals surface area contributed by atoms with Crippen LogP contribution in [0.3, 0.4) is 0 Å².